The van der Waals surface area contributed by atoms with Crippen LogP contribution in [0.5, 0.6) is 0 Å². The maximum atomic E-state index is 12.5. The molecule has 1 atom stereocenters. The second-order valence-electron chi connectivity index (χ2n) is 5.88. The molecule has 2 heterocycles. The summed E-state index contributed by atoms with van der Waals surface area (Å²) in [6, 6.07) is 14.6. The summed E-state index contributed by atoms with van der Waals surface area (Å²) in [7, 11) is 0. The summed E-state index contributed by atoms with van der Waals surface area (Å²) in [5.41, 5.74) is 1.90. The Morgan fingerprint density at radius 3 is 2.88 bits per heavy atom. The van der Waals surface area contributed by atoms with Crippen molar-refractivity contribution < 1.29 is 19.1 Å². The van der Waals surface area contributed by atoms with Crippen molar-refractivity contribution in [2.24, 2.45) is 0 Å². The van der Waals surface area contributed by atoms with Gasteiger partial charge in [0.2, 0.25) is 0 Å². The number of hydrogen-bond donors (Lipinski definition) is 0. The molecule has 1 amide bonds. The molecule has 1 aromatic heterocycles. The topological polar surface area (TPSA) is 68.7 Å². The highest BCUT2D eigenvalue weighted by Gasteiger charge is 2.25. The molecule has 0 saturated carbocycles. The largest absolute Gasteiger partial charge is 0.452 e. The smallest absolute Gasteiger partial charge is 0.414 e. The molecular formula is C19H16N2O4S. The number of cyclic esters (lactones) is 1. The van der Waals surface area contributed by atoms with E-state index in [0.717, 1.165) is 15.2 Å². The fraction of sp³-hybridized carbons (Fsp3) is 0.211. The van der Waals surface area contributed by atoms with Crippen molar-refractivity contribution in [3.63, 3.8) is 0 Å². The van der Waals surface area contributed by atoms with Crippen LogP contribution in [0.1, 0.15) is 28.4 Å². The lowest BCUT2D eigenvalue weighted by atomic mass is 10.2. The fourth-order valence-corrected chi connectivity index (χ4v) is 3.72. The van der Waals surface area contributed by atoms with Gasteiger partial charge in [-0.05, 0) is 37.3 Å². The van der Waals surface area contributed by atoms with E-state index in [2.05, 4.69) is 4.98 Å². The van der Waals surface area contributed by atoms with E-state index in [1.165, 1.54) is 16.2 Å². The average Bonchev–Trinajstić information content (AvgIpc) is 3.27. The number of carbonyl (C=O) groups is 2. The molecule has 0 spiro atoms. The maximum absolute atomic E-state index is 12.5. The van der Waals surface area contributed by atoms with Gasteiger partial charge in [0.25, 0.3) is 0 Å². The number of ether oxygens (including phenoxy) is 2. The van der Waals surface area contributed by atoms with Crippen LogP contribution in [0.3, 0.4) is 0 Å². The van der Waals surface area contributed by atoms with E-state index in [0.29, 0.717) is 24.4 Å². The van der Waals surface area contributed by atoms with Crippen LogP contribution < -0.4 is 4.90 Å². The molecule has 6 nitrogen and oxygen atoms in total. The summed E-state index contributed by atoms with van der Waals surface area (Å²) >= 11 is 1.51. The molecule has 1 aliphatic rings. The van der Waals surface area contributed by atoms with Crippen LogP contribution in [0, 0.1) is 0 Å². The molecule has 4 rings (SSSR count). The molecular weight excluding hydrogens is 352 g/mol. The number of benzene rings is 2. The van der Waals surface area contributed by atoms with Crippen LogP contribution in [0.4, 0.5) is 10.5 Å². The second kappa shape index (κ2) is 6.76. The SMILES string of the molecule is CC(OC(=O)c1cccc(N2CCOC2=O)c1)c1nc2ccccc2s1. The highest BCUT2D eigenvalue weighted by molar-refractivity contribution is 7.18. The van der Waals surface area contributed by atoms with Gasteiger partial charge >= 0.3 is 12.1 Å². The van der Waals surface area contributed by atoms with Crippen molar-refractivity contribution in [1.29, 1.82) is 0 Å². The lowest BCUT2D eigenvalue weighted by molar-refractivity contribution is 0.0337. The molecule has 7 heteroatoms. The van der Waals surface area contributed by atoms with Gasteiger partial charge in [0, 0.05) is 5.69 Å². The van der Waals surface area contributed by atoms with Gasteiger partial charge in [0.1, 0.15) is 11.6 Å². The average molecular weight is 368 g/mol. The number of fused-ring (bicyclic) bond motifs is 1. The Morgan fingerprint density at radius 2 is 2.12 bits per heavy atom. The molecule has 2 aromatic carbocycles. The number of anilines is 1. The van der Waals surface area contributed by atoms with Crippen molar-refractivity contribution in [2.75, 3.05) is 18.1 Å². The van der Waals surface area contributed by atoms with Gasteiger partial charge in [-0.1, -0.05) is 18.2 Å². The third-order valence-electron chi connectivity index (χ3n) is 4.10. The zero-order chi connectivity index (χ0) is 18.1. The number of amides is 1. The Balaban J connectivity index is 1.51. The Labute approximate surface area is 154 Å². The molecule has 26 heavy (non-hydrogen) atoms. The van der Waals surface area contributed by atoms with Crippen LogP contribution in [0.15, 0.2) is 48.5 Å². The zero-order valence-electron chi connectivity index (χ0n) is 14.0. The third-order valence-corrected chi connectivity index (χ3v) is 5.29. The molecule has 0 radical (unpaired) electrons. The number of thiazole rings is 1. The van der Waals surface area contributed by atoms with Crippen molar-refractivity contribution in [3.8, 4) is 0 Å². The van der Waals surface area contributed by atoms with Gasteiger partial charge in [0.15, 0.2) is 6.10 Å². The monoisotopic (exact) mass is 368 g/mol. The lowest BCUT2D eigenvalue weighted by Gasteiger charge is -2.14. The minimum absolute atomic E-state index is 0.349. The maximum Gasteiger partial charge on any atom is 0.414 e. The van der Waals surface area contributed by atoms with Crippen LogP contribution >= 0.6 is 11.3 Å². The highest BCUT2D eigenvalue weighted by Crippen LogP contribution is 2.29. The third kappa shape index (κ3) is 3.13. The van der Waals surface area contributed by atoms with Gasteiger partial charge in [-0.15, -0.1) is 11.3 Å². The van der Waals surface area contributed by atoms with E-state index in [9.17, 15) is 9.59 Å². The lowest BCUT2D eigenvalue weighted by Crippen LogP contribution is -2.23. The number of para-hydroxylation sites is 1. The van der Waals surface area contributed by atoms with Gasteiger partial charge in [0.05, 0.1) is 22.3 Å². The summed E-state index contributed by atoms with van der Waals surface area (Å²) in [5, 5.41) is 0.749. The standard InChI is InChI=1S/C19H16N2O4S/c1-12(17-20-15-7-2-3-8-16(15)26-17)25-18(22)13-5-4-6-14(11-13)21-9-10-24-19(21)23/h2-8,11-12H,9-10H2,1H3. The molecule has 3 aromatic rings. The number of hydrogen-bond acceptors (Lipinski definition) is 6. The summed E-state index contributed by atoms with van der Waals surface area (Å²) < 4.78 is 11.6. The molecule has 0 aliphatic carbocycles. The first kappa shape index (κ1) is 16.5. The Bertz CT molecular complexity index is 951. The van der Waals surface area contributed by atoms with Gasteiger partial charge in [-0.3, -0.25) is 4.90 Å². The Kier molecular flexibility index (Phi) is 4.30. The van der Waals surface area contributed by atoms with Crippen LogP contribution in [0.2, 0.25) is 0 Å². The van der Waals surface area contributed by atoms with E-state index in [1.807, 2.05) is 24.3 Å². The first-order valence-corrected chi connectivity index (χ1v) is 9.04. The highest BCUT2D eigenvalue weighted by atomic mass is 32.1. The van der Waals surface area contributed by atoms with E-state index >= 15 is 0 Å². The molecule has 1 fully saturated rings. The minimum Gasteiger partial charge on any atom is -0.452 e. The summed E-state index contributed by atoms with van der Waals surface area (Å²) in [6.45, 7) is 2.62. The van der Waals surface area contributed by atoms with Gasteiger partial charge in [-0.2, -0.15) is 0 Å². The normalized spacial score (nSPS) is 15.1. The summed E-state index contributed by atoms with van der Waals surface area (Å²) in [5.74, 6) is -0.453. The van der Waals surface area contributed by atoms with E-state index in [4.69, 9.17) is 9.47 Å². The van der Waals surface area contributed by atoms with Crippen molar-refractivity contribution >= 4 is 39.3 Å². The summed E-state index contributed by atoms with van der Waals surface area (Å²) in [4.78, 5) is 30.2. The molecule has 0 N–H and O–H groups in total. The number of carbonyl (C=O) groups excluding carboxylic acids is 2. The van der Waals surface area contributed by atoms with Crippen molar-refractivity contribution in [3.05, 3.63) is 59.1 Å². The van der Waals surface area contributed by atoms with Crippen molar-refractivity contribution in [1.82, 2.24) is 4.98 Å². The first-order valence-electron chi connectivity index (χ1n) is 8.22. The van der Waals surface area contributed by atoms with Crippen molar-refractivity contribution in [2.45, 2.75) is 13.0 Å². The van der Waals surface area contributed by atoms with Gasteiger partial charge < -0.3 is 9.47 Å². The number of nitrogens with zero attached hydrogens (tertiary/aromatic N) is 2. The Hall–Kier alpha value is -2.93. The molecule has 1 aliphatic heterocycles. The van der Waals surface area contributed by atoms with Gasteiger partial charge in [-0.25, -0.2) is 14.6 Å². The van der Waals surface area contributed by atoms with E-state index in [-0.39, 0.29) is 0 Å². The van der Waals surface area contributed by atoms with Crippen LogP contribution in [-0.2, 0) is 9.47 Å². The molecule has 0 bridgehead atoms. The number of aromatic nitrogens is 1. The minimum atomic E-state index is -0.458. The number of rotatable bonds is 4. The quantitative estimate of drug-likeness (QED) is 0.647. The van der Waals surface area contributed by atoms with E-state index < -0.39 is 18.2 Å². The number of esters is 1. The van der Waals surface area contributed by atoms with Crippen LogP contribution in [0.25, 0.3) is 10.2 Å². The Morgan fingerprint density at radius 1 is 1.27 bits per heavy atom. The molecule has 1 unspecified atom stereocenters. The van der Waals surface area contributed by atoms with E-state index in [1.54, 1.807) is 31.2 Å². The fourth-order valence-electron chi connectivity index (χ4n) is 2.77. The summed E-state index contributed by atoms with van der Waals surface area (Å²) in [6.07, 6.45) is -0.862. The van der Waals surface area contributed by atoms with Crippen LogP contribution in [-0.4, -0.2) is 30.2 Å². The predicted octanol–water partition coefficient (Wildman–Crippen LogP) is 4.17. The second-order valence-corrected chi connectivity index (χ2v) is 6.95. The zero-order valence-corrected chi connectivity index (χ0v) is 14.9. The predicted molar refractivity (Wildman–Crippen MR) is 98.6 cm³/mol. The molecule has 132 valence electrons. The molecule has 1 saturated heterocycles. The first-order chi connectivity index (χ1) is 12.6.